The highest BCUT2D eigenvalue weighted by Crippen LogP contribution is 2.23. The molecule has 0 saturated carbocycles. The molecule has 1 unspecified atom stereocenters. The van der Waals surface area contributed by atoms with Crippen molar-refractivity contribution in [3.05, 3.63) is 34.6 Å². The Morgan fingerprint density at radius 2 is 2.00 bits per heavy atom. The predicted molar refractivity (Wildman–Crippen MR) is 74.4 cm³/mol. The quantitative estimate of drug-likeness (QED) is 0.898. The lowest BCUT2D eigenvalue weighted by Gasteiger charge is -2.30. The number of carboxylic acid groups (broad SMARTS) is 1. The van der Waals surface area contributed by atoms with Crippen LogP contribution in [0.1, 0.15) is 37.6 Å². The Hall–Kier alpha value is -1.62. The number of hydrogen-bond acceptors (Lipinski definition) is 2. The molecule has 2 N–H and O–H groups in total. The van der Waals surface area contributed by atoms with Crippen molar-refractivity contribution in [3.63, 3.8) is 0 Å². The Morgan fingerprint density at radius 1 is 1.40 bits per heavy atom. The second-order valence-corrected chi connectivity index (χ2v) is 6.03. The Labute approximate surface area is 121 Å². The van der Waals surface area contributed by atoms with Gasteiger partial charge in [0.1, 0.15) is 5.82 Å². The third-order valence-corrected chi connectivity index (χ3v) is 3.20. The summed E-state index contributed by atoms with van der Waals surface area (Å²) in [6.45, 7) is 5.50. The van der Waals surface area contributed by atoms with Gasteiger partial charge in [-0.1, -0.05) is 32.4 Å². The van der Waals surface area contributed by atoms with Gasteiger partial charge >= 0.3 is 5.97 Å². The van der Waals surface area contributed by atoms with E-state index in [0.29, 0.717) is 0 Å². The third-order valence-electron chi connectivity index (χ3n) is 2.91. The molecule has 4 nitrogen and oxygen atoms in total. The molecule has 0 bridgehead atoms. The highest BCUT2D eigenvalue weighted by molar-refractivity contribution is 6.31. The molecule has 0 radical (unpaired) electrons. The van der Waals surface area contributed by atoms with Crippen LogP contribution in [0.25, 0.3) is 0 Å². The Kier molecular flexibility index (Phi) is 5.11. The number of benzene rings is 1. The van der Waals surface area contributed by atoms with Gasteiger partial charge in [0.15, 0.2) is 0 Å². The average molecular weight is 302 g/mol. The number of hydrogen-bond donors (Lipinski definition) is 2. The average Bonchev–Trinajstić information content (AvgIpc) is 2.30. The van der Waals surface area contributed by atoms with Crippen molar-refractivity contribution in [2.75, 3.05) is 0 Å². The highest BCUT2D eigenvalue weighted by Gasteiger charge is 2.28. The molecular weight excluding hydrogens is 285 g/mol. The maximum atomic E-state index is 13.0. The summed E-state index contributed by atoms with van der Waals surface area (Å²) in [4.78, 5) is 22.9. The van der Waals surface area contributed by atoms with Gasteiger partial charge in [-0.3, -0.25) is 9.59 Å². The second-order valence-electron chi connectivity index (χ2n) is 5.62. The third kappa shape index (κ3) is 4.49. The molecule has 0 aliphatic rings. The zero-order chi connectivity index (χ0) is 15.5. The van der Waals surface area contributed by atoms with Crippen molar-refractivity contribution in [3.8, 4) is 0 Å². The summed E-state index contributed by atoms with van der Waals surface area (Å²) in [6.07, 6.45) is -0.190. The molecule has 0 fully saturated rings. The number of amides is 1. The fourth-order valence-corrected chi connectivity index (χ4v) is 1.81. The smallest absolute Gasteiger partial charge is 0.305 e. The zero-order valence-corrected chi connectivity index (χ0v) is 12.3. The van der Waals surface area contributed by atoms with E-state index >= 15 is 0 Å². The van der Waals surface area contributed by atoms with Crippen molar-refractivity contribution in [2.24, 2.45) is 5.41 Å². The molecule has 0 saturated heterocycles. The van der Waals surface area contributed by atoms with Crippen LogP contribution in [0.15, 0.2) is 18.2 Å². The van der Waals surface area contributed by atoms with Crippen molar-refractivity contribution < 1.29 is 19.1 Å². The van der Waals surface area contributed by atoms with E-state index < -0.39 is 29.2 Å². The van der Waals surface area contributed by atoms with Gasteiger partial charge in [-0.25, -0.2) is 4.39 Å². The maximum absolute atomic E-state index is 13.0. The van der Waals surface area contributed by atoms with Crippen LogP contribution in [0, 0.1) is 11.2 Å². The number of rotatable bonds is 4. The number of carbonyl (C=O) groups is 2. The summed E-state index contributed by atoms with van der Waals surface area (Å²) < 4.78 is 13.0. The van der Waals surface area contributed by atoms with Gasteiger partial charge in [-0.15, -0.1) is 0 Å². The highest BCUT2D eigenvalue weighted by atomic mass is 35.5. The molecule has 6 heteroatoms. The van der Waals surface area contributed by atoms with Crippen molar-refractivity contribution in [1.82, 2.24) is 5.32 Å². The van der Waals surface area contributed by atoms with Crippen LogP contribution in [-0.4, -0.2) is 23.0 Å². The Bertz CT molecular complexity index is 526. The van der Waals surface area contributed by atoms with E-state index in [-0.39, 0.29) is 17.0 Å². The van der Waals surface area contributed by atoms with Crippen LogP contribution in [0.3, 0.4) is 0 Å². The standard InChI is InChI=1S/C14H17ClFNO3/c1-14(2,3)11(7-12(18)19)17-13(20)8-4-5-10(16)9(15)6-8/h4-6,11H,7H2,1-3H3,(H,17,20)(H,18,19). The van der Waals surface area contributed by atoms with E-state index in [0.717, 1.165) is 6.07 Å². The number of halogens is 2. The van der Waals surface area contributed by atoms with Gasteiger partial charge in [-0.05, 0) is 23.6 Å². The van der Waals surface area contributed by atoms with Gasteiger partial charge in [0.2, 0.25) is 0 Å². The topological polar surface area (TPSA) is 66.4 Å². The fraction of sp³-hybridized carbons (Fsp3) is 0.429. The number of carbonyl (C=O) groups excluding carboxylic acids is 1. The van der Waals surface area contributed by atoms with Crippen molar-refractivity contribution >= 4 is 23.5 Å². The van der Waals surface area contributed by atoms with E-state index in [9.17, 15) is 14.0 Å². The number of carboxylic acids is 1. The molecule has 1 rings (SSSR count). The SMILES string of the molecule is CC(C)(C)C(CC(=O)O)NC(=O)c1ccc(F)c(Cl)c1. The monoisotopic (exact) mass is 301 g/mol. The summed E-state index contributed by atoms with van der Waals surface area (Å²) in [6, 6.07) is 3.07. The minimum absolute atomic E-state index is 0.150. The molecule has 20 heavy (non-hydrogen) atoms. The van der Waals surface area contributed by atoms with Gasteiger partial charge < -0.3 is 10.4 Å². The van der Waals surface area contributed by atoms with E-state index in [4.69, 9.17) is 16.7 Å². The molecule has 0 heterocycles. The van der Waals surface area contributed by atoms with Crippen LogP contribution in [0.4, 0.5) is 4.39 Å². The lowest BCUT2D eigenvalue weighted by molar-refractivity contribution is -0.138. The summed E-state index contributed by atoms with van der Waals surface area (Å²) >= 11 is 5.62. The van der Waals surface area contributed by atoms with Crippen LogP contribution >= 0.6 is 11.6 Å². The van der Waals surface area contributed by atoms with Gasteiger partial charge in [0.25, 0.3) is 5.91 Å². The van der Waals surface area contributed by atoms with Gasteiger partial charge in [0, 0.05) is 11.6 Å². The first-order valence-corrected chi connectivity index (χ1v) is 6.46. The minimum Gasteiger partial charge on any atom is -0.481 e. The molecule has 1 amide bonds. The van der Waals surface area contributed by atoms with E-state index in [1.165, 1.54) is 12.1 Å². The minimum atomic E-state index is -0.998. The van der Waals surface area contributed by atoms with E-state index in [2.05, 4.69) is 5.32 Å². The first kappa shape index (κ1) is 16.4. The molecule has 1 atom stereocenters. The summed E-state index contributed by atoms with van der Waals surface area (Å²) in [7, 11) is 0. The van der Waals surface area contributed by atoms with Gasteiger partial charge in [0.05, 0.1) is 11.4 Å². The fourth-order valence-electron chi connectivity index (χ4n) is 1.63. The zero-order valence-electron chi connectivity index (χ0n) is 11.5. The predicted octanol–water partition coefficient (Wildman–Crippen LogP) is 3.10. The molecule has 1 aromatic rings. The summed E-state index contributed by atoms with van der Waals surface area (Å²) in [5, 5.41) is 11.4. The Morgan fingerprint density at radius 3 is 2.45 bits per heavy atom. The maximum Gasteiger partial charge on any atom is 0.305 e. The molecular formula is C14H17ClFNO3. The summed E-state index contributed by atoms with van der Waals surface area (Å²) in [5.74, 6) is -2.09. The lowest BCUT2D eigenvalue weighted by Crippen LogP contribution is -2.45. The largest absolute Gasteiger partial charge is 0.481 e. The lowest BCUT2D eigenvalue weighted by atomic mass is 9.84. The van der Waals surface area contributed by atoms with Crippen LogP contribution in [0.5, 0.6) is 0 Å². The first-order valence-electron chi connectivity index (χ1n) is 6.09. The molecule has 0 aromatic heterocycles. The summed E-state index contributed by atoms with van der Waals surface area (Å²) in [5.41, 5.74) is -0.228. The molecule has 110 valence electrons. The van der Waals surface area contributed by atoms with Crippen LogP contribution in [0.2, 0.25) is 5.02 Å². The normalized spacial score (nSPS) is 12.8. The number of nitrogens with one attached hydrogen (secondary N) is 1. The van der Waals surface area contributed by atoms with E-state index in [1.54, 1.807) is 0 Å². The second kappa shape index (κ2) is 6.22. The molecule has 0 spiro atoms. The van der Waals surface area contributed by atoms with Crippen molar-refractivity contribution in [2.45, 2.75) is 33.2 Å². The first-order chi connectivity index (χ1) is 9.11. The van der Waals surface area contributed by atoms with Gasteiger partial charge in [-0.2, -0.15) is 0 Å². The number of aliphatic carboxylic acids is 1. The Balaban J connectivity index is 2.90. The molecule has 0 aliphatic carbocycles. The molecule has 0 aliphatic heterocycles. The molecule has 1 aromatic carbocycles. The van der Waals surface area contributed by atoms with Crippen molar-refractivity contribution in [1.29, 1.82) is 0 Å². The van der Waals surface area contributed by atoms with E-state index in [1.807, 2.05) is 20.8 Å². The van der Waals surface area contributed by atoms with Crippen LogP contribution in [-0.2, 0) is 4.79 Å². The van der Waals surface area contributed by atoms with Crippen LogP contribution < -0.4 is 5.32 Å².